The second-order valence-corrected chi connectivity index (χ2v) is 5.45. The Labute approximate surface area is 106 Å². The molecule has 0 radical (unpaired) electrons. The van der Waals surface area contributed by atoms with Crippen molar-refractivity contribution < 1.29 is 4.79 Å². The van der Waals surface area contributed by atoms with E-state index in [1.165, 1.54) is 0 Å². The number of hydrogen-bond acceptors (Lipinski definition) is 2. The lowest BCUT2D eigenvalue weighted by atomic mass is 9.74. The highest BCUT2D eigenvalue weighted by Gasteiger charge is 2.40. The van der Waals surface area contributed by atoms with Crippen LogP contribution in [0.3, 0.4) is 0 Å². The molecule has 0 aromatic heterocycles. The van der Waals surface area contributed by atoms with Gasteiger partial charge in [0, 0.05) is 13.1 Å². The minimum Gasteiger partial charge on any atom is -0.343 e. The zero-order chi connectivity index (χ0) is 12.9. The molecule has 1 unspecified atom stereocenters. The lowest BCUT2D eigenvalue weighted by Gasteiger charge is -2.40. The average molecular weight is 240 g/mol. The molecule has 1 N–H and O–H groups in total. The van der Waals surface area contributed by atoms with Crippen LogP contribution in [-0.2, 0) is 4.79 Å². The molecule has 1 rings (SSSR count). The Hall–Kier alpha value is -0.570. The van der Waals surface area contributed by atoms with E-state index in [1.54, 1.807) is 0 Å². The summed E-state index contributed by atoms with van der Waals surface area (Å²) in [6, 6.07) is 0.353. The van der Waals surface area contributed by atoms with Crippen molar-refractivity contribution in [3.8, 4) is 0 Å². The number of nitrogens with zero attached hydrogens (tertiary/aromatic N) is 1. The highest BCUT2D eigenvalue weighted by Crippen LogP contribution is 2.36. The average Bonchev–Trinajstić information content (AvgIpc) is 2.37. The first kappa shape index (κ1) is 14.5. The Morgan fingerprint density at radius 3 is 2.41 bits per heavy atom. The van der Waals surface area contributed by atoms with Crippen molar-refractivity contribution in [2.45, 2.75) is 58.9 Å². The van der Waals surface area contributed by atoms with Crippen LogP contribution in [0, 0.1) is 5.41 Å². The van der Waals surface area contributed by atoms with Crippen LogP contribution in [0.15, 0.2) is 0 Å². The standard InChI is InChI=1S/C14H28N2O/c1-5-7-14(8-10-15-11-9-14)13(17)16(4)12(3)6-2/h12,15H,5-11H2,1-4H3. The third-order valence-electron chi connectivity index (χ3n) is 4.32. The van der Waals surface area contributed by atoms with Gasteiger partial charge in [-0.1, -0.05) is 20.3 Å². The van der Waals surface area contributed by atoms with Crippen LogP contribution in [0.1, 0.15) is 52.9 Å². The summed E-state index contributed by atoms with van der Waals surface area (Å²) < 4.78 is 0. The van der Waals surface area contributed by atoms with Crippen molar-refractivity contribution in [1.82, 2.24) is 10.2 Å². The molecule has 0 saturated carbocycles. The Kier molecular flexibility index (Phi) is 5.44. The summed E-state index contributed by atoms with van der Waals surface area (Å²) in [5.41, 5.74) is -0.0851. The van der Waals surface area contributed by atoms with E-state index in [1.807, 2.05) is 11.9 Å². The van der Waals surface area contributed by atoms with Crippen molar-refractivity contribution in [3.63, 3.8) is 0 Å². The Balaban J connectivity index is 2.78. The lowest BCUT2D eigenvalue weighted by Crippen LogP contribution is -2.50. The first-order chi connectivity index (χ1) is 8.07. The van der Waals surface area contributed by atoms with Crippen molar-refractivity contribution in [1.29, 1.82) is 0 Å². The summed E-state index contributed by atoms with van der Waals surface area (Å²) in [6.45, 7) is 8.43. The van der Waals surface area contributed by atoms with Crippen molar-refractivity contribution >= 4 is 5.91 Å². The van der Waals surface area contributed by atoms with Gasteiger partial charge in [-0.2, -0.15) is 0 Å². The summed E-state index contributed by atoms with van der Waals surface area (Å²) in [7, 11) is 1.97. The van der Waals surface area contributed by atoms with Crippen molar-refractivity contribution in [3.05, 3.63) is 0 Å². The summed E-state index contributed by atoms with van der Waals surface area (Å²) in [4.78, 5) is 14.7. The summed E-state index contributed by atoms with van der Waals surface area (Å²) in [5.74, 6) is 0.371. The van der Waals surface area contributed by atoms with Crippen LogP contribution in [-0.4, -0.2) is 37.0 Å². The van der Waals surface area contributed by atoms with Gasteiger partial charge in [-0.3, -0.25) is 4.79 Å². The molecule has 1 aliphatic heterocycles. The van der Waals surface area contributed by atoms with Gasteiger partial charge >= 0.3 is 0 Å². The van der Waals surface area contributed by atoms with Gasteiger partial charge in [0.15, 0.2) is 0 Å². The summed E-state index contributed by atoms with van der Waals surface area (Å²) in [5, 5.41) is 3.36. The number of carbonyl (C=O) groups is 1. The molecule has 0 bridgehead atoms. The third kappa shape index (κ3) is 3.21. The first-order valence-corrected chi connectivity index (χ1v) is 7.05. The maximum absolute atomic E-state index is 12.7. The topological polar surface area (TPSA) is 32.3 Å². The van der Waals surface area contributed by atoms with Gasteiger partial charge in [-0.15, -0.1) is 0 Å². The van der Waals surface area contributed by atoms with E-state index in [0.717, 1.165) is 45.2 Å². The quantitative estimate of drug-likeness (QED) is 0.800. The van der Waals surface area contributed by atoms with Gasteiger partial charge in [0.1, 0.15) is 0 Å². The predicted octanol–water partition coefficient (Wildman–Crippen LogP) is 2.41. The van der Waals surface area contributed by atoms with E-state index in [-0.39, 0.29) is 5.41 Å². The highest BCUT2D eigenvalue weighted by molar-refractivity contribution is 5.83. The summed E-state index contributed by atoms with van der Waals surface area (Å²) in [6.07, 6.45) is 5.16. The van der Waals surface area contributed by atoms with E-state index in [0.29, 0.717) is 11.9 Å². The van der Waals surface area contributed by atoms with E-state index in [2.05, 4.69) is 26.1 Å². The molecule has 3 nitrogen and oxygen atoms in total. The molecule has 0 aromatic rings. The zero-order valence-electron chi connectivity index (χ0n) is 11.9. The molecule has 1 saturated heterocycles. The maximum Gasteiger partial charge on any atom is 0.228 e. The molecule has 17 heavy (non-hydrogen) atoms. The largest absolute Gasteiger partial charge is 0.343 e. The molecule has 1 amide bonds. The molecule has 1 fully saturated rings. The van der Waals surface area contributed by atoms with Gasteiger partial charge in [-0.05, 0) is 45.7 Å². The monoisotopic (exact) mass is 240 g/mol. The second-order valence-electron chi connectivity index (χ2n) is 5.45. The maximum atomic E-state index is 12.7. The molecular formula is C14H28N2O. The molecule has 0 aliphatic carbocycles. The second kappa shape index (κ2) is 6.39. The Morgan fingerprint density at radius 2 is 1.94 bits per heavy atom. The number of piperidine rings is 1. The number of hydrogen-bond donors (Lipinski definition) is 1. The van der Waals surface area contributed by atoms with Crippen LogP contribution in [0.5, 0.6) is 0 Å². The fourth-order valence-corrected chi connectivity index (χ4v) is 2.80. The lowest BCUT2D eigenvalue weighted by molar-refractivity contribution is -0.145. The molecular weight excluding hydrogens is 212 g/mol. The smallest absolute Gasteiger partial charge is 0.228 e. The fourth-order valence-electron chi connectivity index (χ4n) is 2.80. The Morgan fingerprint density at radius 1 is 1.35 bits per heavy atom. The van der Waals surface area contributed by atoms with Gasteiger partial charge in [0.05, 0.1) is 5.41 Å². The normalized spacial score (nSPS) is 20.9. The minimum absolute atomic E-state index is 0.0851. The SMILES string of the molecule is CCCC1(C(=O)N(C)C(C)CC)CCNCC1. The molecule has 0 aromatic carbocycles. The van der Waals surface area contributed by atoms with Gasteiger partial charge < -0.3 is 10.2 Å². The van der Waals surface area contributed by atoms with Crippen LogP contribution >= 0.6 is 0 Å². The van der Waals surface area contributed by atoms with Gasteiger partial charge in [0.2, 0.25) is 5.91 Å². The highest BCUT2D eigenvalue weighted by atomic mass is 16.2. The molecule has 0 spiro atoms. The van der Waals surface area contributed by atoms with Gasteiger partial charge in [0.25, 0.3) is 0 Å². The number of nitrogens with one attached hydrogen (secondary N) is 1. The molecule has 3 heteroatoms. The molecule has 1 heterocycles. The van der Waals surface area contributed by atoms with Crippen LogP contribution in [0.25, 0.3) is 0 Å². The molecule has 1 aliphatic rings. The van der Waals surface area contributed by atoms with E-state index >= 15 is 0 Å². The Bertz CT molecular complexity index is 241. The van der Waals surface area contributed by atoms with Crippen molar-refractivity contribution in [2.75, 3.05) is 20.1 Å². The summed E-state index contributed by atoms with van der Waals surface area (Å²) >= 11 is 0. The molecule has 1 atom stereocenters. The van der Waals surface area contributed by atoms with E-state index < -0.39 is 0 Å². The number of amides is 1. The molecule has 100 valence electrons. The zero-order valence-corrected chi connectivity index (χ0v) is 11.9. The van der Waals surface area contributed by atoms with Crippen molar-refractivity contribution in [2.24, 2.45) is 5.41 Å². The van der Waals surface area contributed by atoms with Crippen LogP contribution < -0.4 is 5.32 Å². The predicted molar refractivity (Wildman–Crippen MR) is 72.0 cm³/mol. The van der Waals surface area contributed by atoms with Gasteiger partial charge in [-0.25, -0.2) is 0 Å². The fraction of sp³-hybridized carbons (Fsp3) is 0.929. The van der Waals surface area contributed by atoms with Crippen LogP contribution in [0.4, 0.5) is 0 Å². The number of rotatable bonds is 5. The number of carbonyl (C=O) groups excluding carboxylic acids is 1. The van der Waals surface area contributed by atoms with Crippen LogP contribution in [0.2, 0.25) is 0 Å². The van der Waals surface area contributed by atoms with E-state index in [9.17, 15) is 4.79 Å². The first-order valence-electron chi connectivity index (χ1n) is 7.05. The van der Waals surface area contributed by atoms with E-state index in [4.69, 9.17) is 0 Å². The minimum atomic E-state index is -0.0851. The third-order valence-corrected chi connectivity index (χ3v) is 4.32.